The number of hydrogen-bond acceptors (Lipinski definition) is 2. The van der Waals surface area contributed by atoms with E-state index in [0.29, 0.717) is 0 Å². The summed E-state index contributed by atoms with van der Waals surface area (Å²) >= 11 is 0. The Morgan fingerprint density at radius 2 is 1.87 bits per heavy atom. The number of methoxy groups -OCH3 is 1. The van der Waals surface area contributed by atoms with Gasteiger partial charge in [-0.05, 0) is 19.4 Å². The van der Waals surface area contributed by atoms with E-state index in [1.807, 2.05) is 0 Å². The van der Waals surface area contributed by atoms with E-state index >= 15 is 0 Å². The standard InChI is InChI=1S/C13H19NO/c1-11-4-6-12(7-5-11)8-14-9-13(2,10-14)15-3/h4-7H,8-10H2,1-3H3. The lowest BCUT2D eigenvalue weighted by Gasteiger charge is -2.47. The van der Waals surface area contributed by atoms with Gasteiger partial charge in [-0.15, -0.1) is 0 Å². The first-order valence-corrected chi connectivity index (χ1v) is 5.44. The number of hydrogen-bond donors (Lipinski definition) is 0. The zero-order chi connectivity index (χ0) is 10.9. The van der Waals surface area contributed by atoms with Gasteiger partial charge in [0.05, 0.1) is 5.60 Å². The summed E-state index contributed by atoms with van der Waals surface area (Å²) in [5.41, 5.74) is 2.80. The Kier molecular flexibility index (Phi) is 2.81. The molecule has 0 aromatic heterocycles. The maximum absolute atomic E-state index is 5.42. The number of likely N-dealkylation sites (tertiary alicyclic amines) is 1. The Labute approximate surface area is 91.9 Å². The molecule has 2 nitrogen and oxygen atoms in total. The van der Waals surface area contributed by atoms with Crippen molar-refractivity contribution in [1.29, 1.82) is 0 Å². The molecule has 0 spiro atoms. The fourth-order valence-corrected chi connectivity index (χ4v) is 2.09. The first-order chi connectivity index (χ1) is 7.11. The third kappa shape index (κ3) is 2.39. The summed E-state index contributed by atoms with van der Waals surface area (Å²) in [5, 5.41) is 0. The molecule has 0 N–H and O–H groups in total. The van der Waals surface area contributed by atoms with Gasteiger partial charge in [-0.2, -0.15) is 0 Å². The summed E-state index contributed by atoms with van der Waals surface area (Å²) in [7, 11) is 1.79. The van der Waals surface area contributed by atoms with Crippen molar-refractivity contribution in [3.05, 3.63) is 35.4 Å². The highest BCUT2D eigenvalue weighted by Crippen LogP contribution is 2.25. The summed E-state index contributed by atoms with van der Waals surface area (Å²) in [4.78, 5) is 2.41. The minimum absolute atomic E-state index is 0.0880. The molecule has 0 radical (unpaired) electrons. The van der Waals surface area contributed by atoms with Crippen LogP contribution in [0.4, 0.5) is 0 Å². The maximum Gasteiger partial charge on any atom is 0.0903 e. The molecule has 1 aliphatic rings. The van der Waals surface area contributed by atoms with Crippen LogP contribution in [0.5, 0.6) is 0 Å². The third-order valence-electron chi connectivity index (χ3n) is 3.14. The van der Waals surface area contributed by atoms with Crippen LogP contribution in [0.15, 0.2) is 24.3 Å². The summed E-state index contributed by atoms with van der Waals surface area (Å²) in [6.07, 6.45) is 0. The summed E-state index contributed by atoms with van der Waals surface area (Å²) in [5.74, 6) is 0. The van der Waals surface area contributed by atoms with Crippen molar-refractivity contribution in [2.24, 2.45) is 0 Å². The lowest BCUT2D eigenvalue weighted by Crippen LogP contribution is -2.60. The first-order valence-electron chi connectivity index (χ1n) is 5.44. The van der Waals surface area contributed by atoms with E-state index in [1.54, 1.807) is 7.11 Å². The molecule has 0 amide bonds. The van der Waals surface area contributed by atoms with Gasteiger partial charge in [-0.1, -0.05) is 29.8 Å². The van der Waals surface area contributed by atoms with Crippen molar-refractivity contribution in [2.75, 3.05) is 20.2 Å². The monoisotopic (exact) mass is 205 g/mol. The molecule has 2 rings (SSSR count). The lowest BCUT2D eigenvalue weighted by molar-refractivity contribution is -0.114. The Hall–Kier alpha value is -0.860. The van der Waals surface area contributed by atoms with Crippen LogP contribution in [0, 0.1) is 6.92 Å². The molecule has 1 heterocycles. The molecule has 0 aliphatic carbocycles. The smallest absolute Gasteiger partial charge is 0.0903 e. The van der Waals surface area contributed by atoms with Crippen LogP contribution in [0.3, 0.4) is 0 Å². The van der Waals surface area contributed by atoms with Gasteiger partial charge < -0.3 is 4.74 Å². The topological polar surface area (TPSA) is 12.5 Å². The molecule has 1 fully saturated rings. The van der Waals surface area contributed by atoms with Crippen LogP contribution in [-0.4, -0.2) is 30.7 Å². The van der Waals surface area contributed by atoms with Crippen LogP contribution in [-0.2, 0) is 11.3 Å². The molecule has 15 heavy (non-hydrogen) atoms. The van der Waals surface area contributed by atoms with Crippen molar-refractivity contribution in [3.8, 4) is 0 Å². The normalized spacial score (nSPS) is 19.9. The maximum atomic E-state index is 5.42. The number of rotatable bonds is 3. The molecule has 0 bridgehead atoms. The fraction of sp³-hybridized carbons (Fsp3) is 0.538. The van der Waals surface area contributed by atoms with Gasteiger partial charge in [0, 0.05) is 26.7 Å². The average molecular weight is 205 g/mol. The van der Waals surface area contributed by atoms with Crippen molar-refractivity contribution in [1.82, 2.24) is 4.90 Å². The molecular formula is C13H19NO. The molecule has 1 aromatic carbocycles. The van der Waals surface area contributed by atoms with Gasteiger partial charge in [0.1, 0.15) is 0 Å². The second-order valence-corrected chi connectivity index (χ2v) is 4.78. The van der Waals surface area contributed by atoms with E-state index in [-0.39, 0.29) is 5.60 Å². The fourth-order valence-electron chi connectivity index (χ4n) is 2.09. The van der Waals surface area contributed by atoms with E-state index in [4.69, 9.17) is 4.74 Å². The molecule has 0 unspecified atom stereocenters. The summed E-state index contributed by atoms with van der Waals surface area (Å²) in [6.45, 7) is 7.40. The minimum atomic E-state index is 0.0880. The minimum Gasteiger partial charge on any atom is -0.376 e. The van der Waals surface area contributed by atoms with Gasteiger partial charge in [-0.3, -0.25) is 4.90 Å². The molecular weight excluding hydrogens is 186 g/mol. The van der Waals surface area contributed by atoms with Gasteiger partial charge in [0.2, 0.25) is 0 Å². The number of aryl methyl sites for hydroxylation is 1. The highest BCUT2D eigenvalue weighted by molar-refractivity contribution is 5.21. The number of nitrogens with zero attached hydrogens (tertiary/aromatic N) is 1. The van der Waals surface area contributed by atoms with Gasteiger partial charge in [0.25, 0.3) is 0 Å². The molecule has 0 atom stereocenters. The van der Waals surface area contributed by atoms with Gasteiger partial charge >= 0.3 is 0 Å². The molecule has 1 aromatic rings. The van der Waals surface area contributed by atoms with Crippen LogP contribution in [0.1, 0.15) is 18.1 Å². The highest BCUT2D eigenvalue weighted by atomic mass is 16.5. The molecule has 82 valence electrons. The molecule has 1 saturated heterocycles. The molecule has 2 heteroatoms. The molecule has 1 aliphatic heterocycles. The second kappa shape index (κ2) is 3.95. The number of benzene rings is 1. The first kappa shape index (κ1) is 10.7. The van der Waals surface area contributed by atoms with Crippen molar-refractivity contribution in [2.45, 2.75) is 26.0 Å². The van der Waals surface area contributed by atoms with Crippen molar-refractivity contribution in [3.63, 3.8) is 0 Å². The number of ether oxygens (including phenoxy) is 1. The predicted octanol–water partition coefficient (Wildman–Crippen LogP) is 2.22. The van der Waals surface area contributed by atoms with Crippen molar-refractivity contribution < 1.29 is 4.74 Å². The SMILES string of the molecule is COC1(C)CN(Cc2ccc(C)cc2)C1. The second-order valence-electron chi connectivity index (χ2n) is 4.78. The third-order valence-corrected chi connectivity index (χ3v) is 3.14. The Balaban J connectivity index is 1.87. The van der Waals surface area contributed by atoms with Gasteiger partial charge in [0.15, 0.2) is 0 Å². The Morgan fingerprint density at radius 1 is 1.27 bits per heavy atom. The van der Waals surface area contributed by atoms with E-state index in [9.17, 15) is 0 Å². The molecule has 0 saturated carbocycles. The zero-order valence-electron chi connectivity index (χ0n) is 9.79. The Morgan fingerprint density at radius 3 is 2.40 bits per heavy atom. The van der Waals surface area contributed by atoms with E-state index < -0.39 is 0 Å². The van der Waals surface area contributed by atoms with Crippen molar-refractivity contribution >= 4 is 0 Å². The van der Waals surface area contributed by atoms with E-state index in [1.165, 1.54) is 11.1 Å². The van der Waals surface area contributed by atoms with Crippen LogP contribution < -0.4 is 0 Å². The van der Waals surface area contributed by atoms with Crippen LogP contribution >= 0.6 is 0 Å². The summed E-state index contributed by atoms with van der Waals surface area (Å²) < 4.78 is 5.42. The van der Waals surface area contributed by atoms with Gasteiger partial charge in [-0.25, -0.2) is 0 Å². The zero-order valence-corrected chi connectivity index (χ0v) is 9.79. The predicted molar refractivity (Wildman–Crippen MR) is 61.9 cm³/mol. The highest BCUT2D eigenvalue weighted by Gasteiger charge is 2.38. The Bertz CT molecular complexity index is 325. The quantitative estimate of drug-likeness (QED) is 0.750. The summed E-state index contributed by atoms with van der Waals surface area (Å²) in [6, 6.07) is 8.75. The van der Waals surface area contributed by atoms with Crippen LogP contribution in [0.2, 0.25) is 0 Å². The lowest BCUT2D eigenvalue weighted by atomic mass is 9.95. The van der Waals surface area contributed by atoms with E-state index in [0.717, 1.165) is 19.6 Å². The largest absolute Gasteiger partial charge is 0.376 e. The van der Waals surface area contributed by atoms with Crippen LogP contribution in [0.25, 0.3) is 0 Å². The van der Waals surface area contributed by atoms with E-state index in [2.05, 4.69) is 43.0 Å². The average Bonchev–Trinajstić information content (AvgIpc) is 2.19.